The standard InChI is InChI=1S/C34H35N7O3S/c1-21(40-12-5-4-6-13-40)28-18-27-30(45(3,43)44)20-41(34(42)32(27)38-28)31-17-24(16-29(37-31)23-8-9-23)25-10-7-22(19-35)15-26(25)33-36-11-14-39(33)2/h7,10-11,14-18,20-21,23,38H,4-6,8-9,12-13H2,1-3H3. The number of aromatic nitrogens is 5. The van der Waals surface area contributed by atoms with Gasteiger partial charge in [0.15, 0.2) is 9.84 Å². The summed E-state index contributed by atoms with van der Waals surface area (Å²) in [7, 11) is -1.80. The third-order valence-corrected chi connectivity index (χ3v) is 10.3. The topological polar surface area (TPSA) is 130 Å². The quantitative estimate of drug-likeness (QED) is 0.255. The lowest BCUT2D eigenvalue weighted by Crippen LogP contribution is -2.32. The summed E-state index contributed by atoms with van der Waals surface area (Å²) in [5.41, 5.74) is 4.50. The molecule has 2 aliphatic rings. The highest BCUT2D eigenvalue weighted by molar-refractivity contribution is 7.91. The largest absolute Gasteiger partial charge is 0.353 e. The minimum absolute atomic E-state index is 0.0156. The summed E-state index contributed by atoms with van der Waals surface area (Å²) in [5, 5.41) is 10.1. The Balaban J connectivity index is 1.43. The van der Waals surface area contributed by atoms with E-state index in [-0.39, 0.29) is 27.9 Å². The van der Waals surface area contributed by atoms with Crippen molar-refractivity contribution in [2.24, 2.45) is 7.05 Å². The zero-order chi connectivity index (χ0) is 31.5. The predicted octanol–water partition coefficient (Wildman–Crippen LogP) is 5.48. The zero-order valence-electron chi connectivity index (χ0n) is 25.6. The Bertz CT molecular complexity index is 2160. The van der Waals surface area contributed by atoms with Gasteiger partial charge in [-0.25, -0.2) is 18.4 Å². The van der Waals surface area contributed by atoms with Gasteiger partial charge >= 0.3 is 0 Å². The number of hydrogen-bond donors (Lipinski definition) is 1. The third kappa shape index (κ3) is 5.38. The Morgan fingerprint density at radius 3 is 2.51 bits per heavy atom. The van der Waals surface area contributed by atoms with E-state index in [1.54, 1.807) is 12.3 Å². The first-order chi connectivity index (χ1) is 21.6. The van der Waals surface area contributed by atoms with Crippen LogP contribution in [-0.2, 0) is 16.9 Å². The molecule has 2 fully saturated rings. The van der Waals surface area contributed by atoms with Crippen LogP contribution < -0.4 is 5.56 Å². The first kappa shape index (κ1) is 29.2. The zero-order valence-corrected chi connectivity index (χ0v) is 26.4. The van der Waals surface area contributed by atoms with Crippen molar-refractivity contribution < 1.29 is 8.42 Å². The highest BCUT2D eigenvalue weighted by Crippen LogP contribution is 2.42. The van der Waals surface area contributed by atoms with Crippen molar-refractivity contribution in [2.45, 2.75) is 55.9 Å². The summed E-state index contributed by atoms with van der Waals surface area (Å²) >= 11 is 0. The number of H-pyrrole nitrogens is 1. The van der Waals surface area contributed by atoms with Gasteiger partial charge in [0, 0.05) is 66.2 Å². The number of nitrogens with one attached hydrogen (secondary N) is 1. The number of rotatable bonds is 7. The number of aromatic amines is 1. The van der Waals surface area contributed by atoms with Gasteiger partial charge in [-0.15, -0.1) is 0 Å². The summed E-state index contributed by atoms with van der Waals surface area (Å²) in [6, 6.07) is 13.4. The maximum atomic E-state index is 14.2. The first-order valence-corrected chi connectivity index (χ1v) is 17.3. The van der Waals surface area contributed by atoms with Crippen LogP contribution in [0.2, 0.25) is 0 Å². The molecular formula is C34H35N7O3S. The predicted molar refractivity (Wildman–Crippen MR) is 173 cm³/mol. The Labute approximate surface area is 261 Å². The molecule has 1 unspecified atom stereocenters. The van der Waals surface area contributed by atoms with E-state index in [4.69, 9.17) is 4.98 Å². The lowest BCUT2D eigenvalue weighted by molar-refractivity contribution is 0.172. The van der Waals surface area contributed by atoms with E-state index in [0.29, 0.717) is 22.6 Å². The van der Waals surface area contributed by atoms with E-state index in [2.05, 4.69) is 27.9 Å². The van der Waals surface area contributed by atoms with Crippen LogP contribution in [0.25, 0.3) is 39.2 Å². The van der Waals surface area contributed by atoms with E-state index in [1.165, 1.54) is 23.4 Å². The SMILES string of the molecule is CC(c1cc2c(S(C)(=O)=O)cn(-c3cc(-c4ccc(C#N)cc4-c4nccn4C)cc(C4CC4)n3)c(=O)c2[nH]1)N1CCCCC1. The molecule has 11 heteroatoms. The second-order valence-electron chi connectivity index (χ2n) is 12.4. The van der Waals surface area contributed by atoms with E-state index in [9.17, 15) is 18.5 Å². The summed E-state index contributed by atoms with van der Waals surface area (Å²) in [4.78, 5) is 29.4. The van der Waals surface area contributed by atoms with Gasteiger partial charge in [-0.3, -0.25) is 14.3 Å². The molecule has 1 saturated heterocycles. The molecule has 10 nitrogen and oxygen atoms in total. The molecule has 0 bridgehead atoms. The molecular weight excluding hydrogens is 586 g/mol. The summed E-state index contributed by atoms with van der Waals surface area (Å²) in [5.74, 6) is 1.31. The highest BCUT2D eigenvalue weighted by atomic mass is 32.2. The second-order valence-corrected chi connectivity index (χ2v) is 14.4. The Morgan fingerprint density at radius 1 is 1.07 bits per heavy atom. The van der Waals surface area contributed by atoms with Crippen LogP contribution in [0.15, 0.2) is 64.7 Å². The van der Waals surface area contributed by atoms with Crippen molar-refractivity contribution in [3.05, 3.63) is 82.3 Å². The molecule has 0 spiro atoms. The molecule has 230 valence electrons. The third-order valence-electron chi connectivity index (χ3n) is 9.17. The number of aryl methyl sites for hydroxylation is 1. The molecule has 45 heavy (non-hydrogen) atoms. The van der Waals surface area contributed by atoms with Crippen LogP contribution in [0.5, 0.6) is 0 Å². The van der Waals surface area contributed by atoms with Crippen molar-refractivity contribution in [2.75, 3.05) is 19.3 Å². The minimum atomic E-state index is -3.70. The molecule has 7 rings (SSSR count). The van der Waals surface area contributed by atoms with Crippen LogP contribution in [0.1, 0.15) is 67.9 Å². The van der Waals surface area contributed by atoms with Gasteiger partial charge in [-0.2, -0.15) is 5.26 Å². The van der Waals surface area contributed by atoms with Gasteiger partial charge < -0.3 is 9.55 Å². The van der Waals surface area contributed by atoms with Crippen molar-refractivity contribution >= 4 is 20.7 Å². The molecule has 1 atom stereocenters. The second kappa shape index (κ2) is 11.1. The van der Waals surface area contributed by atoms with E-state index >= 15 is 0 Å². The Morgan fingerprint density at radius 2 is 1.84 bits per heavy atom. The van der Waals surface area contributed by atoms with Crippen LogP contribution >= 0.6 is 0 Å². The number of sulfone groups is 1. The smallest absolute Gasteiger partial charge is 0.280 e. The molecule has 0 amide bonds. The fourth-order valence-electron chi connectivity index (χ4n) is 6.48. The monoisotopic (exact) mass is 621 g/mol. The molecule has 1 aliphatic carbocycles. The first-order valence-electron chi connectivity index (χ1n) is 15.4. The van der Waals surface area contributed by atoms with Crippen LogP contribution in [0, 0.1) is 11.3 Å². The van der Waals surface area contributed by atoms with E-state index < -0.39 is 9.84 Å². The fourth-order valence-corrected chi connectivity index (χ4v) is 7.33. The van der Waals surface area contributed by atoms with Crippen LogP contribution in [-0.4, -0.2) is 56.7 Å². The van der Waals surface area contributed by atoms with Crippen molar-refractivity contribution in [3.8, 4) is 34.4 Å². The number of likely N-dealkylation sites (tertiary alicyclic amines) is 1. The molecule has 0 radical (unpaired) electrons. The van der Waals surface area contributed by atoms with E-state index in [1.807, 2.05) is 48.1 Å². The molecule has 1 aliphatic heterocycles. The Hall–Kier alpha value is -4.53. The van der Waals surface area contributed by atoms with Gasteiger partial charge in [-0.05, 0) is 87.2 Å². The highest BCUT2D eigenvalue weighted by Gasteiger charge is 2.28. The molecule has 4 aromatic heterocycles. The van der Waals surface area contributed by atoms with Gasteiger partial charge in [0.25, 0.3) is 5.56 Å². The molecule has 1 aromatic carbocycles. The van der Waals surface area contributed by atoms with Crippen LogP contribution in [0.3, 0.4) is 0 Å². The molecule has 1 saturated carbocycles. The van der Waals surface area contributed by atoms with Gasteiger partial charge in [0.1, 0.15) is 17.2 Å². The maximum Gasteiger partial charge on any atom is 0.280 e. The average Bonchev–Trinajstić information content (AvgIpc) is 3.66. The average molecular weight is 622 g/mol. The summed E-state index contributed by atoms with van der Waals surface area (Å²) in [6.45, 7) is 4.03. The normalized spacial score (nSPS) is 16.6. The lowest BCUT2D eigenvalue weighted by Gasteiger charge is -2.31. The number of pyridine rings is 2. The van der Waals surface area contributed by atoms with E-state index in [0.717, 1.165) is 66.9 Å². The molecule has 5 aromatic rings. The number of nitrogens with zero attached hydrogens (tertiary/aromatic N) is 6. The maximum absolute atomic E-state index is 14.2. The molecule has 5 heterocycles. The van der Waals surface area contributed by atoms with Crippen molar-refractivity contribution in [3.63, 3.8) is 0 Å². The fraction of sp³-hybridized carbons (Fsp3) is 0.353. The van der Waals surface area contributed by atoms with Gasteiger partial charge in [0.05, 0.1) is 16.5 Å². The molecule has 1 N–H and O–H groups in total. The number of benzene rings is 1. The number of hydrogen-bond acceptors (Lipinski definition) is 7. The lowest BCUT2D eigenvalue weighted by atomic mass is 9.96. The van der Waals surface area contributed by atoms with Crippen LogP contribution in [0.4, 0.5) is 0 Å². The number of nitriles is 1. The summed E-state index contributed by atoms with van der Waals surface area (Å²) < 4.78 is 29.6. The van der Waals surface area contributed by atoms with Crippen molar-refractivity contribution in [1.29, 1.82) is 5.26 Å². The van der Waals surface area contributed by atoms with Gasteiger partial charge in [0.2, 0.25) is 0 Å². The number of fused-ring (bicyclic) bond motifs is 1. The van der Waals surface area contributed by atoms with Crippen molar-refractivity contribution in [1.82, 2.24) is 29.0 Å². The minimum Gasteiger partial charge on any atom is -0.353 e. The number of imidazole rings is 1. The Kier molecular flexibility index (Phi) is 7.22. The summed E-state index contributed by atoms with van der Waals surface area (Å²) in [6.07, 6.45) is 11.6. The number of piperidine rings is 1. The van der Waals surface area contributed by atoms with Gasteiger partial charge in [-0.1, -0.05) is 12.5 Å².